The summed E-state index contributed by atoms with van der Waals surface area (Å²) in [5, 5.41) is 19.1. The predicted molar refractivity (Wildman–Crippen MR) is 229 cm³/mol. The van der Waals surface area contributed by atoms with Crippen molar-refractivity contribution in [3.63, 3.8) is 0 Å². The van der Waals surface area contributed by atoms with Crippen LogP contribution in [0.5, 0.6) is 5.75 Å². The first-order valence-electron chi connectivity index (χ1n) is 21.4. The number of allylic oxidation sites excluding steroid dienone is 3. The second-order valence-electron chi connectivity index (χ2n) is 17.8. The van der Waals surface area contributed by atoms with Crippen LogP contribution in [-0.4, -0.2) is 110 Å². The maximum Gasteiger partial charge on any atom is 0.332 e. The van der Waals surface area contributed by atoms with Gasteiger partial charge in [-0.3, -0.25) is 33.2 Å². The number of aromatic nitrogens is 4. The van der Waals surface area contributed by atoms with Crippen LogP contribution < -0.4 is 20.9 Å². The van der Waals surface area contributed by atoms with Gasteiger partial charge >= 0.3 is 23.6 Å². The van der Waals surface area contributed by atoms with Crippen molar-refractivity contribution in [3.05, 3.63) is 75.2 Å². The number of ether oxygens (including phenoxy) is 3. The Labute approximate surface area is 356 Å². The number of fused-ring (bicyclic) bond motifs is 2. The molecule has 2 aliphatic heterocycles. The zero-order chi connectivity index (χ0) is 44.2. The Hall–Kier alpha value is -5.22. The molecule has 4 aliphatic rings. The molecule has 7 rings (SSSR count). The minimum atomic E-state index is -1.10. The van der Waals surface area contributed by atoms with Gasteiger partial charge in [0.2, 0.25) is 0 Å². The number of carbonyl (C=O) groups is 3. The molecule has 2 fully saturated rings. The van der Waals surface area contributed by atoms with Crippen LogP contribution in [-0.2, 0) is 44.5 Å². The van der Waals surface area contributed by atoms with E-state index < -0.39 is 23.5 Å². The number of nitrogens with zero attached hydrogens (tertiary/aromatic N) is 6. The minimum Gasteiger partial charge on any atom is -0.495 e. The van der Waals surface area contributed by atoms with Crippen molar-refractivity contribution in [1.82, 2.24) is 23.6 Å². The van der Waals surface area contributed by atoms with E-state index in [0.29, 0.717) is 37.0 Å². The van der Waals surface area contributed by atoms with E-state index >= 15 is 0 Å². The number of hydrogen-bond acceptors (Lipinski definition) is 12. The molecule has 4 heterocycles. The maximum absolute atomic E-state index is 12.9. The molecular weight excluding hydrogens is 785 g/mol. The van der Waals surface area contributed by atoms with Crippen LogP contribution in [0.2, 0.25) is 0 Å². The van der Waals surface area contributed by atoms with Crippen LogP contribution in [0.25, 0.3) is 11.2 Å². The number of esters is 2. The molecule has 1 aromatic carbocycles. The van der Waals surface area contributed by atoms with Gasteiger partial charge in [0.1, 0.15) is 18.0 Å². The van der Waals surface area contributed by atoms with E-state index in [1.807, 2.05) is 22.8 Å². The molecule has 0 unspecified atom stereocenters. The molecule has 16 heteroatoms. The van der Waals surface area contributed by atoms with Crippen molar-refractivity contribution < 1.29 is 38.8 Å². The number of carboxylic acids is 1. The van der Waals surface area contributed by atoms with E-state index in [2.05, 4.69) is 52.9 Å². The standard InChI is InChI=1S/C25H36O7.C20H26N6O3/c1-14-9-16-6-5-15(2)19(8-7-18-11-17(26)12-22(29)31-18)23(16)20(10-14)32-24(30)25(3,4)13-21(27)28;1-22-18-17(19(27)23(2)20(22)28)26(14-21-18)13-10-24-8-11-25(12-9-24)15-6-4-5-7-16(15)29-3/h5-6,9,14-15,17-20,23,26H,7-8,10-13H2,1-4H3,(H,27,28);4-7,14H,8-13H2,1-3H3/t14-,15-,17+,18-,19-,20-,23-;/m1./s1. The zero-order valence-corrected chi connectivity index (χ0v) is 36.5. The third-order valence-corrected chi connectivity index (χ3v) is 12.7. The summed E-state index contributed by atoms with van der Waals surface area (Å²) in [5.41, 5.74) is 1.42. The maximum atomic E-state index is 12.9. The summed E-state index contributed by atoms with van der Waals surface area (Å²) >= 11 is 0. The molecule has 0 spiro atoms. The third kappa shape index (κ3) is 10.5. The highest BCUT2D eigenvalue weighted by Crippen LogP contribution is 2.46. The molecule has 2 N–H and O–H groups in total. The molecule has 3 aromatic rings. The first kappa shape index (κ1) is 45.3. The van der Waals surface area contributed by atoms with Gasteiger partial charge in [-0.15, -0.1) is 0 Å². The van der Waals surface area contributed by atoms with E-state index in [0.717, 1.165) is 60.7 Å². The Morgan fingerprint density at radius 3 is 2.39 bits per heavy atom. The fourth-order valence-electron chi connectivity index (χ4n) is 9.30. The number of hydrogen-bond donors (Lipinski definition) is 2. The molecule has 332 valence electrons. The Morgan fingerprint density at radius 1 is 0.984 bits per heavy atom. The lowest BCUT2D eigenvalue weighted by molar-refractivity contribution is -0.168. The Morgan fingerprint density at radius 2 is 1.70 bits per heavy atom. The number of aliphatic hydroxyl groups is 1. The molecule has 2 aromatic heterocycles. The molecule has 0 saturated carbocycles. The number of aliphatic carboxylic acids is 1. The van der Waals surface area contributed by atoms with Crippen LogP contribution in [0.4, 0.5) is 5.69 Å². The summed E-state index contributed by atoms with van der Waals surface area (Å²) in [7, 11) is 4.83. The van der Waals surface area contributed by atoms with Crippen molar-refractivity contribution in [2.45, 2.75) is 91.1 Å². The number of piperazine rings is 1. The lowest BCUT2D eigenvalue weighted by Crippen LogP contribution is -2.47. The zero-order valence-electron chi connectivity index (χ0n) is 36.5. The Balaban J connectivity index is 0.000000205. The normalized spacial score (nSPS) is 25.5. The number of carboxylic acid groups (broad SMARTS) is 1. The smallest absolute Gasteiger partial charge is 0.332 e. The molecule has 0 bridgehead atoms. The number of methoxy groups -OCH3 is 1. The van der Waals surface area contributed by atoms with Crippen molar-refractivity contribution in [3.8, 4) is 5.75 Å². The number of anilines is 1. The lowest BCUT2D eigenvalue weighted by Gasteiger charge is -2.44. The molecule has 0 amide bonds. The number of para-hydroxylation sites is 2. The van der Waals surface area contributed by atoms with E-state index in [1.165, 1.54) is 11.6 Å². The van der Waals surface area contributed by atoms with E-state index in [9.17, 15) is 29.1 Å². The third-order valence-electron chi connectivity index (χ3n) is 12.7. The number of carbonyl (C=O) groups excluding carboxylic acids is 2. The van der Waals surface area contributed by atoms with Crippen LogP contribution in [0, 0.1) is 29.1 Å². The minimum absolute atomic E-state index is 0.0139. The summed E-state index contributed by atoms with van der Waals surface area (Å²) in [5.74, 6) is -0.267. The Kier molecular flexibility index (Phi) is 14.3. The van der Waals surface area contributed by atoms with E-state index in [4.69, 9.17) is 19.3 Å². The SMILES string of the molecule is COc1ccccc1N1CCN(CCn2cnc3c2c(=O)n(C)c(=O)n3C)CC1.C[C@@H]1C=C2C=C[C@@H](C)[C@@H](CC[C@@H]3C[C@H](O)CC(=O)O3)[C@@H]2[C@H](OC(=O)C(C)(C)CC(=O)O)C1. The van der Waals surface area contributed by atoms with Crippen LogP contribution >= 0.6 is 0 Å². The summed E-state index contributed by atoms with van der Waals surface area (Å²) in [6, 6.07) is 8.09. The van der Waals surface area contributed by atoms with Gasteiger partial charge in [-0.05, 0) is 68.6 Å². The Bertz CT molecular complexity index is 2250. The van der Waals surface area contributed by atoms with Gasteiger partial charge in [-0.25, -0.2) is 9.78 Å². The molecule has 0 radical (unpaired) electrons. The first-order chi connectivity index (χ1) is 29.0. The fourth-order valence-corrected chi connectivity index (χ4v) is 9.30. The number of benzene rings is 1. The predicted octanol–water partition coefficient (Wildman–Crippen LogP) is 3.91. The molecule has 61 heavy (non-hydrogen) atoms. The quantitative estimate of drug-likeness (QED) is 0.250. The van der Waals surface area contributed by atoms with Gasteiger partial charge < -0.3 is 33.9 Å². The molecule has 16 nitrogen and oxygen atoms in total. The van der Waals surface area contributed by atoms with Gasteiger partial charge in [-0.1, -0.05) is 44.2 Å². The van der Waals surface area contributed by atoms with Gasteiger partial charge in [0.25, 0.3) is 5.56 Å². The second kappa shape index (κ2) is 19.2. The second-order valence-corrected chi connectivity index (χ2v) is 17.8. The van der Waals surface area contributed by atoms with Crippen molar-refractivity contribution in [2.24, 2.45) is 43.2 Å². The van der Waals surface area contributed by atoms with Crippen molar-refractivity contribution in [2.75, 3.05) is 44.7 Å². The summed E-state index contributed by atoms with van der Waals surface area (Å²) in [6.45, 7) is 12.6. The van der Waals surface area contributed by atoms with Crippen LogP contribution in [0.3, 0.4) is 0 Å². The highest BCUT2D eigenvalue weighted by molar-refractivity contribution is 5.82. The number of imidazole rings is 1. The summed E-state index contributed by atoms with van der Waals surface area (Å²) in [6.07, 6.45) is 9.25. The number of rotatable bonds is 12. The molecule has 2 aliphatic carbocycles. The average Bonchev–Trinajstić information content (AvgIpc) is 3.65. The monoisotopic (exact) mass is 846 g/mol. The molecule has 7 atom stereocenters. The molecular formula is C45H62N6O10. The first-order valence-corrected chi connectivity index (χ1v) is 21.4. The van der Waals surface area contributed by atoms with E-state index in [-0.39, 0.29) is 65.9 Å². The van der Waals surface area contributed by atoms with Gasteiger partial charge in [0.05, 0.1) is 43.5 Å². The number of aryl methyl sites for hydroxylation is 1. The van der Waals surface area contributed by atoms with Crippen LogP contribution in [0.1, 0.15) is 66.2 Å². The lowest BCUT2D eigenvalue weighted by atomic mass is 9.65. The van der Waals surface area contributed by atoms with Gasteiger partial charge in [-0.2, -0.15) is 0 Å². The molecule has 2 saturated heterocycles. The number of aliphatic hydroxyl groups excluding tert-OH is 1. The highest BCUT2D eigenvalue weighted by Gasteiger charge is 2.44. The van der Waals surface area contributed by atoms with Gasteiger partial charge in [0.15, 0.2) is 11.2 Å². The topological polar surface area (TPSA) is 188 Å². The average molecular weight is 847 g/mol. The van der Waals surface area contributed by atoms with Crippen LogP contribution in [0.15, 0.2) is 64.0 Å². The van der Waals surface area contributed by atoms with Crippen molar-refractivity contribution in [1.29, 1.82) is 0 Å². The van der Waals surface area contributed by atoms with Crippen molar-refractivity contribution >= 4 is 34.8 Å². The summed E-state index contributed by atoms with van der Waals surface area (Å²) in [4.78, 5) is 69.4. The largest absolute Gasteiger partial charge is 0.495 e. The highest BCUT2D eigenvalue weighted by atomic mass is 16.6. The summed E-state index contributed by atoms with van der Waals surface area (Å²) < 4.78 is 21.3. The van der Waals surface area contributed by atoms with Gasteiger partial charge in [0, 0.05) is 65.7 Å². The number of cyclic esters (lactones) is 1. The van der Waals surface area contributed by atoms with E-state index in [1.54, 1.807) is 34.3 Å². The fraction of sp³-hybridized carbons (Fsp3) is 0.600.